The van der Waals surface area contributed by atoms with Gasteiger partial charge in [0.1, 0.15) is 16.4 Å². The summed E-state index contributed by atoms with van der Waals surface area (Å²) in [6.45, 7) is 2.55. The number of hydrogen-bond acceptors (Lipinski definition) is 5. The first-order valence-electron chi connectivity index (χ1n) is 10.1. The molecule has 3 aromatic rings. The third-order valence-electron chi connectivity index (χ3n) is 5.48. The van der Waals surface area contributed by atoms with Gasteiger partial charge in [0.2, 0.25) is 0 Å². The van der Waals surface area contributed by atoms with Crippen LogP contribution in [0.2, 0.25) is 5.02 Å². The monoisotopic (exact) mass is 459 g/mol. The van der Waals surface area contributed by atoms with E-state index in [0.29, 0.717) is 35.0 Å². The Bertz CT molecular complexity index is 1030. The van der Waals surface area contributed by atoms with Gasteiger partial charge < -0.3 is 10.4 Å². The fourth-order valence-electron chi connectivity index (χ4n) is 3.62. The third kappa shape index (κ3) is 5.49. The van der Waals surface area contributed by atoms with Gasteiger partial charge in [0.25, 0.3) is 5.91 Å². The first-order chi connectivity index (χ1) is 14.9. The van der Waals surface area contributed by atoms with Crippen molar-refractivity contribution in [2.45, 2.75) is 31.5 Å². The van der Waals surface area contributed by atoms with Crippen LogP contribution in [0, 0.1) is 5.82 Å². The maximum absolute atomic E-state index is 13.1. The molecule has 0 bridgehead atoms. The maximum Gasteiger partial charge on any atom is 0.251 e. The van der Waals surface area contributed by atoms with Crippen LogP contribution in [-0.4, -0.2) is 34.0 Å². The van der Waals surface area contributed by atoms with Gasteiger partial charge in [-0.1, -0.05) is 23.7 Å². The van der Waals surface area contributed by atoms with Crippen LogP contribution in [0.1, 0.15) is 38.6 Å². The molecule has 31 heavy (non-hydrogen) atoms. The molecule has 0 atom stereocenters. The van der Waals surface area contributed by atoms with Crippen molar-refractivity contribution in [3.8, 4) is 0 Å². The third-order valence-corrected chi connectivity index (χ3v) is 6.93. The summed E-state index contributed by atoms with van der Waals surface area (Å²) >= 11 is 7.28. The number of amides is 1. The largest absolute Gasteiger partial charge is 0.383 e. The Morgan fingerprint density at radius 2 is 1.84 bits per heavy atom. The smallest absolute Gasteiger partial charge is 0.251 e. The van der Waals surface area contributed by atoms with E-state index in [2.05, 4.69) is 15.2 Å². The summed E-state index contributed by atoms with van der Waals surface area (Å²) in [5, 5.41) is 15.3. The summed E-state index contributed by atoms with van der Waals surface area (Å²) in [6.07, 6.45) is 2.88. The molecule has 0 unspecified atom stereocenters. The van der Waals surface area contributed by atoms with Gasteiger partial charge in [-0.05, 0) is 54.8 Å². The van der Waals surface area contributed by atoms with Crippen LogP contribution in [0.4, 0.5) is 4.39 Å². The Morgan fingerprint density at radius 3 is 2.52 bits per heavy atom. The van der Waals surface area contributed by atoms with Crippen molar-refractivity contribution in [2.75, 3.05) is 13.1 Å². The molecule has 2 heterocycles. The van der Waals surface area contributed by atoms with Gasteiger partial charge in [-0.2, -0.15) is 0 Å². The Morgan fingerprint density at radius 1 is 1.16 bits per heavy atom. The first-order valence-corrected chi connectivity index (χ1v) is 11.3. The van der Waals surface area contributed by atoms with E-state index in [9.17, 15) is 14.3 Å². The SMILES string of the molecule is O=C(NCc1cnc(C2(O)CCN(Cc3ccc(F)cc3)CC2)s1)c1ccc(Cl)cc1. The molecule has 0 saturated carbocycles. The minimum Gasteiger partial charge on any atom is -0.383 e. The first kappa shape index (κ1) is 21.9. The van der Waals surface area contributed by atoms with Gasteiger partial charge in [-0.15, -0.1) is 11.3 Å². The quantitative estimate of drug-likeness (QED) is 0.575. The molecule has 1 aromatic heterocycles. The molecule has 1 amide bonds. The number of aromatic nitrogens is 1. The highest BCUT2D eigenvalue weighted by molar-refractivity contribution is 7.11. The highest BCUT2D eigenvalue weighted by Gasteiger charge is 2.36. The molecule has 1 aliphatic heterocycles. The molecule has 162 valence electrons. The predicted molar refractivity (Wildman–Crippen MR) is 120 cm³/mol. The lowest BCUT2D eigenvalue weighted by molar-refractivity contribution is -0.0278. The number of likely N-dealkylation sites (tertiary alicyclic amines) is 1. The Kier molecular flexibility index (Phi) is 6.67. The number of aliphatic hydroxyl groups is 1. The molecule has 2 aromatic carbocycles. The van der Waals surface area contributed by atoms with Crippen molar-refractivity contribution in [3.05, 3.63) is 86.6 Å². The van der Waals surface area contributed by atoms with Crippen molar-refractivity contribution in [1.29, 1.82) is 0 Å². The Labute approximate surface area is 189 Å². The van der Waals surface area contributed by atoms with Crippen LogP contribution in [0.3, 0.4) is 0 Å². The lowest BCUT2D eigenvalue weighted by atomic mass is 9.92. The fraction of sp³-hybridized carbons (Fsp3) is 0.304. The van der Waals surface area contributed by atoms with E-state index in [-0.39, 0.29) is 11.7 Å². The zero-order valence-corrected chi connectivity index (χ0v) is 18.4. The van der Waals surface area contributed by atoms with Crippen molar-refractivity contribution in [1.82, 2.24) is 15.2 Å². The molecule has 0 aliphatic carbocycles. The van der Waals surface area contributed by atoms with Crippen molar-refractivity contribution in [3.63, 3.8) is 0 Å². The Hall–Kier alpha value is -2.32. The lowest BCUT2D eigenvalue weighted by Crippen LogP contribution is -2.42. The molecule has 0 radical (unpaired) electrons. The van der Waals surface area contributed by atoms with Crippen LogP contribution in [0.15, 0.2) is 54.7 Å². The molecular formula is C23H23ClFN3O2S. The number of carbonyl (C=O) groups excluding carboxylic acids is 1. The molecule has 1 saturated heterocycles. The van der Waals surface area contributed by atoms with Gasteiger partial charge in [-0.25, -0.2) is 9.37 Å². The molecular weight excluding hydrogens is 437 g/mol. The number of halogens is 2. The second-order valence-electron chi connectivity index (χ2n) is 7.76. The number of nitrogens with zero attached hydrogens (tertiary/aromatic N) is 2. The standard InChI is InChI=1S/C23H23ClFN3O2S/c24-18-5-3-17(4-6-18)21(29)26-13-20-14-27-22(31-20)23(30)9-11-28(12-10-23)15-16-1-7-19(25)8-2-16/h1-8,14,30H,9-13,15H2,(H,26,29). The van der Waals surface area contributed by atoms with Gasteiger partial charge >= 0.3 is 0 Å². The van der Waals surface area contributed by atoms with Crippen LogP contribution in [0.5, 0.6) is 0 Å². The maximum atomic E-state index is 13.1. The summed E-state index contributed by atoms with van der Waals surface area (Å²) in [4.78, 5) is 19.8. The van der Waals surface area contributed by atoms with E-state index in [1.807, 2.05) is 0 Å². The molecule has 1 fully saturated rings. The summed E-state index contributed by atoms with van der Waals surface area (Å²) in [7, 11) is 0. The Balaban J connectivity index is 1.30. The number of piperidine rings is 1. The number of benzene rings is 2. The topological polar surface area (TPSA) is 65.5 Å². The summed E-state index contributed by atoms with van der Waals surface area (Å²) < 4.78 is 13.1. The van der Waals surface area contributed by atoms with Crippen LogP contribution >= 0.6 is 22.9 Å². The predicted octanol–water partition coefficient (Wildman–Crippen LogP) is 4.35. The minimum atomic E-state index is -0.956. The average molecular weight is 460 g/mol. The number of rotatable bonds is 6. The lowest BCUT2D eigenvalue weighted by Gasteiger charge is -2.37. The summed E-state index contributed by atoms with van der Waals surface area (Å²) in [5.41, 5.74) is 0.642. The highest BCUT2D eigenvalue weighted by Crippen LogP contribution is 2.35. The van der Waals surface area contributed by atoms with Crippen molar-refractivity contribution < 1.29 is 14.3 Å². The minimum absolute atomic E-state index is 0.181. The highest BCUT2D eigenvalue weighted by atomic mass is 35.5. The van der Waals surface area contributed by atoms with E-state index >= 15 is 0 Å². The van der Waals surface area contributed by atoms with Crippen molar-refractivity contribution in [2.24, 2.45) is 0 Å². The number of carbonyl (C=O) groups is 1. The van der Waals surface area contributed by atoms with Gasteiger partial charge in [-0.3, -0.25) is 9.69 Å². The normalized spacial score (nSPS) is 16.2. The second-order valence-corrected chi connectivity index (χ2v) is 9.31. The van der Waals surface area contributed by atoms with E-state index < -0.39 is 5.60 Å². The van der Waals surface area contributed by atoms with E-state index in [1.165, 1.54) is 23.5 Å². The molecule has 4 rings (SSSR count). The zero-order chi connectivity index (χ0) is 21.8. The van der Waals surface area contributed by atoms with E-state index in [0.717, 1.165) is 30.1 Å². The number of hydrogen-bond donors (Lipinski definition) is 2. The van der Waals surface area contributed by atoms with E-state index in [4.69, 9.17) is 11.6 Å². The fourth-order valence-corrected chi connectivity index (χ4v) is 4.74. The molecule has 0 spiro atoms. The molecule has 1 aliphatic rings. The molecule has 5 nitrogen and oxygen atoms in total. The molecule has 8 heteroatoms. The number of nitrogens with one attached hydrogen (secondary N) is 1. The molecule has 2 N–H and O–H groups in total. The summed E-state index contributed by atoms with van der Waals surface area (Å²) in [5.74, 6) is -0.417. The van der Waals surface area contributed by atoms with Gasteiger partial charge in [0.15, 0.2) is 0 Å². The summed E-state index contributed by atoms with van der Waals surface area (Å²) in [6, 6.07) is 13.2. The zero-order valence-electron chi connectivity index (χ0n) is 16.9. The second kappa shape index (κ2) is 9.44. The van der Waals surface area contributed by atoms with Gasteiger partial charge in [0, 0.05) is 41.3 Å². The van der Waals surface area contributed by atoms with Gasteiger partial charge in [0.05, 0.1) is 6.54 Å². The average Bonchev–Trinajstić information content (AvgIpc) is 3.26. The van der Waals surface area contributed by atoms with Crippen molar-refractivity contribution >= 4 is 28.8 Å². The number of thiazole rings is 1. The van der Waals surface area contributed by atoms with Crippen LogP contribution in [-0.2, 0) is 18.7 Å². The van der Waals surface area contributed by atoms with Crippen LogP contribution in [0.25, 0.3) is 0 Å². The van der Waals surface area contributed by atoms with Crippen LogP contribution < -0.4 is 5.32 Å². The van der Waals surface area contributed by atoms with E-state index in [1.54, 1.807) is 42.6 Å².